The van der Waals surface area contributed by atoms with Crippen molar-refractivity contribution in [2.24, 2.45) is 0 Å². The zero-order valence-electron chi connectivity index (χ0n) is 16.4. The van der Waals surface area contributed by atoms with Crippen molar-refractivity contribution in [3.05, 3.63) is 83.6 Å². The second kappa shape index (κ2) is 8.34. The summed E-state index contributed by atoms with van der Waals surface area (Å²) in [6.45, 7) is 1.97. The van der Waals surface area contributed by atoms with E-state index in [0.29, 0.717) is 9.88 Å². The fraction of sp³-hybridized carbons (Fsp3) is 0.143. The molecule has 0 fully saturated rings. The number of hydrogen-bond acceptors (Lipinski definition) is 6. The van der Waals surface area contributed by atoms with Crippen LogP contribution in [0.15, 0.2) is 71.9 Å². The second-order valence-corrected chi connectivity index (χ2v) is 7.70. The number of thiophene rings is 1. The standard InChI is InChI=1S/C21H19N5O3S/c1-14(15-5-7-16(8-6-15)26-13-22-12-23-26)25(2)21(28)18-9-10-19(30-18)24-20(27)17-4-3-11-29-17/h3-14H,1-2H3,(H,24,27). The fourth-order valence-corrected chi connectivity index (χ4v) is 3.81. The van der Waals surface area contributed by atoms with E-state index in [4.69, 9.17) is 4.42 Å². The topological polar surface area (TPSA) is 93.3 Å². The van der Waals surface area contributed by atoms with Gasteiger partial charge in [0.1, 0.15) is 12.7 Å². The smallest absolute Gasteiger partial charge is 0.291 e. The van der Waals surface area contributed by atoms with E-state index in [0.717, 1.165) is 11.3 Å². The zero-order valence-corrected chi connectivity index (χ0v) is 17.2. The van der Waals surface area contributed by atoms with Crippen LogP contribution in [0.3, 0.4) is 0 Å². The van der Waals surface area contributed by atoms with Gasteiger partial charge in [0.05, 0.1) is 27.9 Å². The summed E-state index contributed by atoms with van der Waals surface area (Å²) in [5.74, 6) is -0.252. The molecule has 8 nitrogen and oxygen atoms in total. The van der Waals surface area contributed by atoms with Crippen molar-refractivity contribution in [2.75, 3.05) is 12.4 Å². The summed E-state index contributed by atoms with van der Waals surface area (Å²) < 4.78 is 6.76. The molecule has 0 spiro atoms. The Morgan fingerprint density at radius 2 is 1.97 bits per heavy atom. The van der Waals surface area contributed by atoms with Crippen LogP contribution in [0.5, 0.6) is 0 Å². The molecule has 1 N–H and O–H groups in total. The van der Waals surface area contributed by atoms with E-state index < -0.39 is 0 Å². The van der Waals surface area contributed by atoms with Crippen LogP contribution in [-0.2, 0) is 0 Å². The number of carbonyl (C=O) groups excluding carboxylic acids is 2. The van der Waals surface area contributed by atoms with Gasteiger partial charge in [-0.1, -0.05) is 12.1 Å². The molecule has 3 heterocycles. The number of benzene rings is 1. The molecule has 0 bridgehead atoms. The van der Waals surface area contributed by atoms with Crippen molar-refractivity contribution in [1.29, 1.82) is 0 Å². The summed E-state index contributed by atoms with van der Waals surface area (Å²) in [7, 11) is 1.76. The van der Waals surface area contributed by atoms with Gasteiger partial charge in [-0.25, -0.2) is 9.67 Å². The van der Waals surface area contributed by atoms with Crippen LogP contribution >= 0.6 is 11.3 Å². The molecule has 1 atom stereocenters. The van der Waals surface area contributed by atoms with Crippen molar-refractivity contribution in [3.8, 4) is 5.69 Å². The van der Waals surface area contributed by atoms with Gasteiger partial charge in [0.15, 0.2) is 5.76 Å². The molecule has 4 aromatic rings. The maximum absolute atomic E-state index is 12.9. The molecular formula is C21H19N5O3S. The first-order valence-corrected chi connectivity index (χ1v) is 10.0. The minimum atomic E-state index is -0.352. The lowest BCUT2D eigenvalue weighted by Crippen LogP contribution is -2.29. The zero-order chi connectivity index (χ0) is 21.1. The lowest BCUT2D eigenvalue weighted by atomic mass is 10.1. The van der Waals surface area contributed by atoms with Crippen LogP contribution in [0.2, 0.25) is 0 Å². The van der Waals surface area contributed by atoms with Crippen LogP contribution < -0.4 is 5.32 Å². The summed E-state index contributed by atoms with van der Waals surface area (Å²) in [4.78, 5) is 31.2. The van der Waals surface area contributed by atoms with Gasteiger partial charge >= 0.3 is 0 Å². The van der Waals surface area contributed by atoms with Gasteiger partial charge in [-0.3, -0.25) is 9.59 Å². The average molecular weight is 421 g/mol. The van der Waals surface area contributed by atoms with Gasteiger partial charge in [0.2, 0.25) is 0 Å². The first-order valence-electron chi connectivity index (χ1n) is 9.20. The number of rotatable bonds is 6. The van der Waals surface area contributed by atoms with Crippen LogP contribution in [0, 0.1) is 0 Å². The van der Waals surface area contributed by atoms with E-state index in [1.807, 2.05) is 31.2 Å². The van der Waals surface area contributed by atoms with Crippen LogP contribution in [0.25, 0.3) is 5.69 Å². The highest BCUT2D eigenvalue weighted by Crippen LogP contribution is 2.27. The Labute approximate surface area is 176 Å². The number of nitrogens with one attached hydrogen (secondary N) is 1. The lowest BCUT2D eigenvalue weighted by molar-refractivity contribution is 0.0747. The maximum Gasteiger partial charge on any atom is 0.291 e. The molecule has 1 unspecified atom stereocenters. The number of anilines is 1. The Kier molecular flexibility index (Phi) is 5.44. The summed E-state index contributed by atoms with van der Waals surface area (Å²) in [5, 5.41) is 7.43. The molecule has 30 heavy (non-hydrogen) atoms. The van der Waals surface area contributed by atoms with Crippen LogP contribution in [-0.4, -0.2) is 38.5 Å². The minimum absolute atomic E-state index is 0.119. The Hall–Kier alpha value is -3.72. The predicted octanol–water partition coefficient (Wildman–Crippen LogP) is 4.01. The highest BCUT2D eigenvalue weighted by atomic mass is 32.1. The van der Waals surface area contributed by atoms with Gasteiger partial charge in [-0.15, -0.1) is 11.3 Å². The van der Waals surface area contributed by atoms with Crippen molar-refractivity contribution >= 4 is 28.2 Å². The number of furan rings is 1. The van der Waals surface area contributed by atoms with E-state index in [-0.39, 0.29) is 23.6 Å². The third kappa shape index (κ3) is 4.01. The van der Waals surface area contributed by atoms with E-state index in [2.05, 4.69) is 15.4 Å². The van der Waals surface area contributed by atoms with E-state index >= 15 is 0 Å². The van der Waals surface area contributed by atoms with Gasteiger partial charge in [-0.2, -0.15) is 5.10 Å². The SMILES string of the molecule is CC(c1ccc(-n2cncn2)cc1)N(C)C(=O)c1ccc(NC(=O)c2ccco2)s1. The molecule has 0 radical (unpaired) electrons. The third-order valence-electron chi connectivity index (χ3n) is 4.76. The molecule has 0 aliphatic heterocycles. The number of hydrogen-bond donors (Lipinski definition) is 1. The quantitative estimate of drug-likeness (QED) is 0.508. The Morgan fingerprint density at radius 1 is 1.17 bits per heavy atom. The normalized spacial score (nSPS) is 11.8. The number of carbonyl (C=O) groups is 2. The van der Waals surface area contributed by atoms with Crippen molar-refractivity contribution in [1.82, 2.24) is 19.7 Å². The molecule has 0 saturated carbocycles. The Balaban J connectivity index is 1.43. The number of amides is 2. The summed E-state index contributed by atoms with van der Waals surface area (Å²) in [5.41, 5.74) is 1.89. The summed E-state index contributed by atoms with van der Waals surface area (Å²) in [6, 6.07) is 14.3. The first kappa shape index (κ1) is 19.6. The molecular weight excluding hydrogens is 402 g/mol. The lowest BCUT2D eigenvalue weighted by Gasteiger charge is -2.25. The molecule has 0 aliphatic carbocycles. The van der Waals surface area contributed by atoms with E-state index in [1.54, 1.807) is 47.2 Å². The van der Waals surface area contributed by atoms with Crippen molar-refractivity contribution in [3.63, 3.8) is 0 Å². The summed E-state index contributed by atoms with van der Waals surface area (Å²) >= 11 is 1.22. The Bertz CT molecular complexity index is 1130. The monoisotopic (exact) mass is 421 g/mol. The number of nitrogens with zero attached hydrogens (tertiary/aromatic N) is 4. The Morgan fingerprint density at radius 3 is 2.63 bits per heavy atom. The molecule has 1 aromatic carbocycles. The fourth-order valence-electron chi connectivity index (χ4n) is 2.92. The molecule has 3 aromatic heterocycles. The molecule has 0 saturated heterocycles. The third-order valence-corrected chi connectivity index (χ3v) is 5.75. The largest absolute Gasteiger partial charge is 0.459 e. The van der Waals surface area contributed by atoms with Gasteiger partial charge in [0.25, 0.3) is 11.8 Å². The predicted molar refractivity (Wildman–Crippen MR) is 113 cm³/mol. The van der Waals surface area contributed by atoms with Crippen molar-refractivity contribution in [2.45, 2.75) is 13.0 Å². The average Bonchev–Trinajstić information content (AvgIpc) is 3.54. The van der Waals surface area contributed by atoms with Crippen molar-refractivity contribution < 1.29 is 14.0 Å². The van der Waals surface area contributed by atoms with Gasteiger partial charge < -0.3 is 14.6 Å². The highest BCUT2D eigenvalue weighted by Gasteiger charge is 2.21. The molecule has 9 heteroatoms. The van der Waals surface area contributed by atoms with E-state index in [1.165, 1.54) is 23.9 Å². The summed E-state index contributed by atoms with van der Waals surface area (Å²) in [6.07, 6.45) is 4.55. The second-order valence-electron chi connectivity index (χ2n) is 6.62. The highest BCUT2D eigenvalue weighted by molar-refractivity contribution is 7.18. The molecule has 0 aliphatic rings. The molecule has 4 rings (SSSR count). The maximum atomic E-state index is 12.9. The minimum Gasteiger partial charge on any atom is -0.459 e. The van der Waals surface area contributed by atoms with Gasteiger partial charge in [0, 0.05) is 7.05 Å². The number of aromatic nitrogens is 3. The van der Waals surface area contributed by atoms with E-state index in [9.17, 15) is 9.59 Å². The van der Waals surface area contributed by atoms with Crippen LogP contribution in [0.1, 0.15) is 38.8 Å². The molecule has 2 amide bonds. The molecule has 152 valence electrons. The van der Waals surface area contributed by atoms with Crippen LogP contribution in [0.4, 0.5) is 5.00 Å². The van der Waals surface area contributed by atoms with Gasteiger partial charge in [-0.05, 0) is 48.9 Å². The first-order chi connectivity index (χ1) is 14.5.